The second-order valence-electron chi connectivity index (χ2n) is 4.24. The van der Waals surface area contributed by atoms with Crippen molar-refractivity contribution in [1.82, 2.24) is 5.32 Å². The Morgan fingerprint density at radius 1 is 1.38 bits per heavy atom. The van der Waals surface area contributed by atoms with Crippen molar-refractivity contribution >= 4 is 28.6 Å². The highest BCUT2D eigenvalue weighted by molar-refractivity contribution is 14.1. The molecule has 16 heavy (non-hydrogen) atoms. The highest BCUT2D eigenvalue weighted by Gasteiger charge is 2.35. The van der Waals surface area contributed by atoms with E-state index in [9.17, 15) is 9.90 Å². The number of carboxylic acid groups (broad SMARTS) is 1. The molecule has 0 heterocycles. The molecule has 1 aromatic carbocycles. The predicted molar refractivity (Wildman–Crippen MR) is 72.4 cm³/mol. The third kappa shape index (κ3) is 2.95. The molecule has 2 N–H and O–H groups in total. The van der Waals surface area contributed by atoms with Crippen LogP contribution in [0.3, 0.4) is 0 Å². The fourth-order valence-corrected chi connectivity index (χ4v) is 1.99. The van der Waals surface area contributed by atoms with Crippen molar-refractivity contribution in [1.29, 1.82) is 0 Å². The van der Waals surface area contributed by atoms with Gasteiger partial charge in [-0.05, 0) is 61.1 Å². The fraction of sp³-hybridized carbons (Fsp3) is 0.417. The van der Waals surface area contributed by atoms with Crippen LogP contribution in [-0.2, 0) is 10.3 Å². The quantitative estimate of drug-likeness (QED) is 0.833. The molecular weight excluding hydrogens is 317 g/mol. The maximum Gasteiger partial charge on any atom is 0.328 e. The summed E-state index contributed by atoms with van der Waals surface area (Å²) in [5.74, 6) is -0.859. The zero-order chi connectivity index (χ0) is 12.3. The third-order valence-corrected chi connectivity index (χ3v) is 3.15. The van der Waals surface area contributed by atoms with Gasteiger partial charge in [0.1, 0.15) is 5.54 Å². The van der Waals surface area contributed by atoms with E-state index < -0.39 is 11.5 Å². The van der Waals surface area contributed by atoms with E-state index in [-0.39, 0.29) is 6.04 Å². The van der Waals surface area contributed by atoms with Crippen LogP contribution in [0.4, 0.5) is 0 Å². The zero-order valence-electron chi connectivity index (χ0n) is 9.62. The van der Waals surface area contributed by atoms with Crippen molar-refractivity contribution in [3.05, 3.63) is 33.4 Å². The molecule has 0 fully saturated rings. The van der Waals surface area contributed by atoms with E-state index in [1.54, 1.807) is 6.92 Å². The number of halogens is 1. The van der Waals surface area contributed by atoms with E-state index in [4.69, 9.17) is 0 Å². The molecule has 0 aliphatic carbocycles. The fourth-order valence-electron chi connectivity index (χ4n) is 1.63. The summed E-state index contributed by atoms with van der Waals surface area (Å²) in [5.41, 5.74) is -0.257. The van der Waals surface area contributed by atoms with Gasteiger partial charge in [-0.15, -0.1) is 0 Å². The Morgan fingerprint density at radius 2 is 1.88 bits per heavy atom. The Kier molecular flexibility index (Phi) is 4.32. The minimum atomic E-state index is -1.03. The Labute approximate surface area is 109 Å². The van der Waals surface area contributed by atoms with Gasteiger partial charge in [-0.3, -0.25) is 5.32 Å². The van der Waals surface area contributed by atoms with Crippen LogP contribution in [0.5, 0.6) is 0 Å². The monoisotopic (exact) mass is 333 g/mol. The van der Waals surface area contributed by atoms with Crippen LogP contribution >= 0.6 is 22.6 Å². The lowest BCUT2D eigenvalue weighted by molar-refractivity contribution is -0.144. The predicted octanol–water partition coefficient (Wildman–Crippen LogP) is 2.59. The first kappa shape index (κ1) is 13.4. The van der Waals surface area contributed by atoms with Gasteiger partial charge in [0.25, 0.3) is 0 Å². The summed E-state index contributed by atoms with van der Waals surface area (Å²) in [6.45, 7) is 5.57. The van der Waals surface area contributed by atoms with Crippen LogP contribution in [0.15, 0.2) is 24.3 Å². The topological polar surface area (TPSA) is 49.3 Å². The van der Waals surface area contributed by atoms with Gasteiger partial charge in [-0.25, -0.2) is 4.79 Å². The molecule has 0 aliphatic heterocycles. The molecule has 0 spiro atoms. The number of hydrogen-bond donors (Lipinski definition) is 2. The highest BCUT2D eigenvalue weighted by Crippen LogP contribution is 2.22. The maximum atomic E-state index is 11.4. The number of aliphatic carboxylic acids is 1. The molecule has 0 bridgehead atoms. The van der Waals surface area contributed by atoms with Gasteiger partial charge in [0.15, 0.2) is 0 Å². The molecule has 0 saturated carbocycles. The van der Waals surface area contributed by atoms with Crippen molar-refractivity contribution < 1.29 is 9.90 Å². The van der Waals surface area contributed by atoms with Crippen molar-refractivity contribution in [3.63, 3.8) is 0 Å². The largest absolute Gasteiger partial charge is 0.480 e. The van der Waals surface area contributed by atoms with E-state index in [1.807, 2.05) is 38.1 Å². The Hall–Kier alpha value is -0.620. The van der Waals surface area contributed by atoms with Gasteiger partial charge in [0.05, 0.1) is 0 Å². The first-order valence-electron chi connectivity index (χ1n) is 5.13. The van der Waals surface area contributed by atoms with Gasteiger partial charge < -0.3 is 5.11 Å². The molecule has 0 aromatic heterocycles. The molecule has 0 radical (unpaired) electrons. The van der Waals surface area contributed by atoms with E-state index in [1.165, 1.54) is 0 Å². The summed E-state index contributed by atoms with van der Waals surface area (Å²) >= 11 is 2.20. The molecule has 4 heteroatoms. The molecule has 88 valence electrons. The average Bonchev–Trinajstić information content (AvgIpc) is 2.17. The number of carbonyl (C=O) groups is 1. The summed E-state index contributed by atoms with van der Waals surface area (Å²) in [4.78, 5) is 11.4. The third-order valence-electron chi connectivity index (χ3n) is 2.43. The molecule has 1 rings (SSSR count). The summed E-state index contributed by atoms with van der Waals surface area (Å²) in [7, 11) is 0. The summed E-state index contributed by atoms with van der Waals surface area (Å²) in [5, 5.41) is 12.4. The van der Waals surface area contributed by atoms with Crippen LogP contribution in [0.25, 0.3) is 0 Å². The van der Waals surface area contributed by atoms with Gasteiger partial charge in [-0.2, -0.15) is 0 Å². The number of hydrogen-bond acceptors (Lipinski definition) is 2. The van der Waals surface area contributed by atoms with E-state index >= 15 is 0 Å². The first-order valence-corrected chi connectivity index (χ1v) is 6.21. The zero-order valence-corrected chi connectivity index (χ0v) is 11.8. The smallest absolute Gasteiger partial charge is 0.328 e. The Morgan fingerprint density at radius 3 is 2.25 bits per heavy atom. The van der Waals surface area contributed by atoms with Crippen LogP contribution in [0.1, 0.15) is 26.3 Å². The standard InChI is InChI=1S/C12H16INO2/c1-8(2)14-12(3,11(15)16)9-4-6-10(13)7-5-9/h4-8,14H,1-3H3,(H,15,16). The second kappa shape index (κ2) is 5.14. The van der Waals surface area contributed by atoms with Crippen molar-refractivity contribution in [2.75, 3.05) is 0 Å². The lowest BCUT2D eigenvalue weighted by atomic mass is 9.91. The van der Waals surface area contributed by atoms with Gasteiger partial charge in [-0.1, -0.05) is 12.1 Å². The summed E-state index contributed by atoms with van der Waals surface area (Å²) in [6.07, 6.45) is 0. The van der Waals surface area contributed by atoms with Crippen LogP contribution in [-0.4, -0.2) is 17.1 Å². The van der Waals surface area contributed by atoms with Gasteiger partial charge in [0, 0.05) is 9.61 Å². The van der Waals surface area contributed by atoms with Gasteiger partial charge in [0.2, 0.25) is 0 Å². The van der Waals surface area contributed by atoms with Crippen LogP contribution in [0, 0.1) is 3.57 Å². The van der Waals surface area contributed by atoms with Crippen molar-refractivity contribution in [3.8, 4) is 0 Å². The lowest BCUT2D eigenvalue weighted by Crippen LogP contribution is -2.49. The van der Waals surface area contributed by atoms with Crippen LogP contribution < -0.4 is 5.32 Å². The maximum absolute atomic E-state index is 11.4. The van der Waals surface area contributed by atoms with Crippen molar-refractivity contribution in [2.24, 2.45) is 0 Å². The van der Waals surface area contributed by atoms with E-state index in [2.05, 4.69) is 27.9 Å². The van der Waals surface area contributed by atoms with Crippen molar-refractivity contribution in [2.45, 2.75) is 32.4 Å². The molecular formula is C12H16INO2. The van der Waals surface area contributed by atoms with E-state index in [0.29, 0.717) is 0 Å². The number of rotatable bonds is 4. The van der Waals surface area contributed by atoms with Gasteiger partial charge >= 0.3 is 5.97 Å². The molecule has 1 atom stereocenters. The lowest BCUT2D eigenvalue weighted by Gasteiger charge is -2.29. The number of carboxylic acids is 1. The molecule has 1 unspecified atom stereocenters. The Bertz CT molecular complexity index is 375. The van der Waals surface area contributed by atoms with E-state index in [0.717, 1.165) is 9.13 Å². The molecule has 0 saturated heterocycles. The molecule has 3 nitrogen and oxygen atoms in total. The normalized spacial score (nSPS) is 14.8. The minimum Gasteiger partial charge on any atom is -0.480 e. The molecule has 0 amide bonds. The summed E-state index contributed by atoms with van der Waals surface area (Å²) < 4.78 is 1.10. The Balaban J connectivity index is 3.11. The number of benzene rings is 1. The molecule has 0 aliphatic rings. The summed E-state index contributed by atoms with van der Waals surface area (Å²) in [6, 6.07) is 7.65. The SMILES string of the molecule is CC(C)NC(C)(C(=O)O)c1ccc(I)cc1. The second-order valence-corrected chi connectivity index (χ2v) is 5.48. The first-order chi connectivity index (χ1) is 7.36. The minimum absolute atomic E-state index is 0.111. The molecule has 1 aromatic rings. The average molecular weight is 333 g/mol. The van der Waals surface area contributed by atoms with Crippen LogP contribution in [0.2, 0.25) is 0 Å². The number of nitrogens with one attached hydrogen (secondary N) is 1. The highest BCUT2D eigenvalue weighted by atomic mass is 127.